The lowest BCUT2D eigenvalue weighted by molar-refractivity contribution is 0.221. The van der Waals surface area contributed by atoms with Crippen LogP contribution in [0.25, 0.3) is 0 Å². The Hall–Kier alpha value is -0.440. The maximum absolute atomic E-state index is 8.42. The van der Waals surface area contributed by atoms with E-state index in [1.54, 1.807) is 22.7 Å². The Morgan fingerprint density at radius 2 is 1.52 bits per heavy atom. The van der Waals surface area contributed by atoms with E-state index < -0.39 is 0 Å². The fraction of sp³-hybridized carbons (Fsp3) is 0.429. The molecule has 0 amide bonds. The molecule has 0 fully saturated rings. The summed E-state index contributed by atoms with van der Waals surface area (Å²) in [5.41, 5.74) is 0. The molecule has 0 aliphatic heterocycles. The van der Waals surface area contributed by atoms with Crippen LogP contribution in [0, 0.1) is 0 Å². The van der Waals surface area contributed by atoms with Crippen LogP contribution >= 0.6 is 38.6 Å². The molecular weight excluding hydrogens is 376 g/mol. The quantitative estimate of drug-likeness (QED) is 0.654. The van der Waals surface area contributed by atoms with Crippen molar-refractivity contribution in [2.75, 3.05) is 26.4 Å². The van der Waals surface area contributed by atoms with Gasteiger partial charge in [-0.2, -0.15) is 11.3 Å². The minimum atomic E-state index is 0.0938. The normalized spacial score (nSPS) is 9.14. The SMILES string of the molecule is Brc1ccsc1.OCCCO.OCCCOc1ccsc1. The monoisotopic (exact) mass is 396 g/mol. The first-order valence-corrected chi connectivity index (χ1v) is 9.07. The van der Waals surface area contributed by atoms with E-state index in [0.29, 0.717) is 19.4 Å². The fourth-order valence-electron chi connectivity index (χ4n) is 0.907. The smallest absolute Gasteiger partial charge is 0.129 e. The van der Waals surface area contributed by atoms with Crippen molar-refractivity contribution in [1.29, 1.82) is 0 Å². The third kappa shape index (κ3) is 14.3. The van der Waals surface area contributed by atoms with Crippen molar-refractivity contribution < 1.29 is 20.1 Å². The number of hydrogen-bond donors (Lipinski definition) is 3. The van der Waals surface area contributed by atoms with E-state index in [1.165, 1.54) is 4.47 Å². The van der Waals surface area contributed by atoms with Gasteiger partial charge in [0.15, 0.2) is 0 Å². The van der Waals surface area contributed by atoms with Crippen molar-refractivity contribution in [3.63, 3.8) is 0 Å². The minimum absolute atomic E-state index is 0.0938. The van der Waals surface area contributed by atoms with Crippen LogP contribution in [0.3, 0.4) is 0 Å². The van der Waals surface area contributed by atoms with Gasteiger partial charge in [0.2, 0.25) is 0 Å². The van der Waals surface area contributed by atoms with E-state index in [9.17, 15) is 0 Å². The Morgan fingerprint density at radius 1 is 0.905 bits per heavy atom. The second kappa shape index (κ2) is 15.9. The van der Waals surface area contributed by atoms with Crippen LogP contribution in [0.5, 0.6) is 5.75 Å². The van der Waals surface area contributed by atoms with Gasteiger partial charge in [0.25, 0.3) is 0 Å². The number of rotatable bonds is 6. The minimum Gasteiger partial charge on any atom is -0.493 e. The summed E-state index contributed by atoms with van der Waals surface area (Å²) < 4.78 is 6.41. The lowest BCUT2D eigenvalue weighted by Gasteiger charge is -1.99. The molecule has 0 spiro atoms. The van der Waals surface area contributed by atoms with Crippen LogP contribution < -0.4 is 4.74 Å². The molecular formula is C14H21BrO4S2. The van der Waals surface area contributed by atoms with Crippen molar-refractivity contribution in [1.82, 2.24) is 0 Å². The van der Waals surface area contributed by atoms with Gasteiger partial charge in [-0.05, 0) is 45.2 Å². The van der Waals surface area contributed by atoms with Crippen molar-refractivity contribution in [2.45, 2.75) is 12.8 Å². The van der Waals surface area contributed by atoms with Gasteiger partial charge in [0.1, 0.15) is 5.75 Å². The zero-order valence-corrected chi connectivity index (χ0v) is 14.9. The molecule has 21 heavy (non-hydrogen) atoms. The summed E-state index contributed by atoms with van der Waals surface area (Å²) in [7, 11) is 0. The lowest BCUT2D eigenvalue weighted by atomic mass is 10.5. The number of aliphatic hydroxyl groups is 3. The average Bonchev–Trinajstić information content (AvgIpc) is 3.15. The number of aliphatic hydroxyl groups excluding tert-OH is 3. The number of halogens is 1. The summed E-state index contributed by atoms with van der Waals surface area (Å²) in [5, 5.41) is 32.2. The van der Waals surface area contributed by atoms with E-state index in [2.05, 4.69) is 15.9 Å². The Balaban J connectivity index is 0.000000312. The summed E-state index contributed by atoms with van der Waals surface area (Å²) in [4.78, 5) is 0. The predicted octanol–water partition coefficient (Wildman–Crippen LogP) is 3.38. The maximum Gasteiger partial charge on any atom is 0.129 e. The largest absolute Gasteiger partial charge is 0.493 e. The molecule has 120 valence electrons. The zero-order valence-electron chi connectivity index (χ0n) is 11.7. The third-order valence-corrected chi connectivity index (χ3v) is 4.01. The molecule has 0 aliphatic carbocycles. The number of hydrogen-bond acceptors (Lipinski definition) is 6. The van der Waals surface area contributed by atoms with E-state index >= 15 is 0 Å². The third-order valence-electron chi connectivity index (χ3n) is 1.87. The highest BCUT2D eigenvalue weighted by Gasteiger charge is 1.90. The Morgan fingerprint density at radius 3 is 1.86 bits per heavy atom. The first-order chi connectivity index (χ1) is 10.2. The van der Waals surface area contributed by atoms with Crippen LogP contribution in [0.2, 0.25) is 0 Å². The standard InChI is InChI=1S/C7H10O2S.C4H3BrS.C3H8O2/c8-3-1-4-9-7-2-5-10-6-7;5-4-1-2-6-3-4;4-2-1-3-5/h2,5-6,8H,1,3-4H2;1-3H;4-5H,1-3H2. The van der Waals surface area contributed by atoms with Gasteiger partial charge in [-0.25, -0.2) is 0 Å². The second-order valence-corrected chi connectivity index (χ2v) is 6.10. The molecule has 0 bridgehead atoms. The maximum atomic E-state index is 8.42. The first kappa shape index (κ1) is 20.6. The average molecular weight is 397 g/mol. The number of thiophene rings is 2. The van der Waals surface area contributed by atoms with Gasteiger partial charge in [-0.3, -0.25) is 0 Å². The summed E-state index contributed by atoms with van der Waals surface area (Å²) in [5.74, 6) is 0.901. The topological polar surface area (TPSA) is 69.9 Å². The molecule has 2 rings (SSSR count). The summed E-state index contributed by atoms with van der Waals surface area (Å²) in [6.45, 7) is 0.990. The van der Waals surface area contributed by atoms with Crippen LogP contribution in [0.4, 0.5) is 0 Å². The molecule has 0 aliphatic rings. The summed E-state index contributed by atoms with van der Waals surface area (Å²) >= 11 is 6.59. The Kier molecular flexibility index (Phi) is 15.6. The van der Waals surface area contributed by atoms with Crippen molar-refractivity contribution in [2.24, 2.45) is 0 Å². The van der Waals surface area contributed by atoms with Gasteiger partial charge < -0.3 is 20.1 Å². The molecule has 0 radical (unpaired) electrons. The highest BCUT2D eigenvalue weighted by Crippen LogP contribution is 2.14. The van der Waals surface area contributed by atoms with Crippen LogP contribution in [0.15, 0.2) is 38.1 Å². The van der Waals surface area contributed by atoms with E-state index in [4.69, 9.17) is 20.1 Å². The summed E-state index contributed by atoms with van der Waals surface area (Å²) in [6, 6.07) is 3.94. The Labute approximate surface area is 141 Å². The molecule has 0 atom stereocenters. The van der Waals surface area contributed by atoms with E-state index in [1.807, 2.05) is 33.7 Å². The molecule has 4 nitrogen and oxygen atoms in total. The van der Waals surface area contributed by atoms with Gasteiger partial charge in [0.05, 0.1) is 6.61 Å². The van der Waals surface area contributed by atoms with Crippen LogP contribution in [-0.4, -0.2) is 41.7 Å². The van der Waals surface area contributed by atoms with E-state index in [-0.39, 0.29) is 19.8 Å². The molecule has 2 aromatic heterocycles. The highest BCUT2D eigenvalue weighted by molar-refractivity contribution is 9.10. The lowest BCUT2D eigenvalue weighted by Crippen LogP contribution is -1.98. The number of ether oxygens (including phenoxy) is 1. The van der Waals surface area contributed by atoms with Crippen LogP contribution in [0.1, 0.15) is 12.8 Å². The zero-order chi connectivity index (χ0) is 15.8. The molecule has 7 heteroatoms. The van der Waals surface area contributed by atoms with Gasteiger partial charge in [0, 0.05) is 41.5 Å². The molecule has 0 saturated carbocycles. The van der Waals surface area contributed by atoms with Crippen LogP contribution in [-0.2, 0) is 0 Å². The molecule has 0 aromatic carbocycles. The van der Waals surface area contributed by atoms with Crippen molar-refractivity contribution >= 4 is 38.6 Å². The Bertz CT molecular complexity index is 391. The molecule has 3 N–H and O–H groups in total. The molecule has 0 saturated heterocycles. The summed E-state index contributed by atoms with van der Waals surface area (Å²) in [6.07, 6.45) is 1.20. The molecule has 2 aromatic rings. The van der Waals surface area contributed by atoms with Gasteiger partial charge >= 0.3 is 0 Å². The fourth-order valence-corrected chi connectivity index (χ4v) is 2.62. The molecule has 2 heterocycles. The van der Waals surface area contributed by atoms with Gasteiger partial charge in [-0.15, -0.1) is 11.3 Å². The molecule has 0 unspecified atom stereocenters. The highest BCUT2D eigenvalue weighted by atomic mass is 79.9. The van der Waals surface area contributed by atoms with Crippen molar-refractivity contribution in [3.8, 4) is 5.75 Å². The predicted molar refractivity (Wildman–Crippen MR) is 92.3 cm³/mol. The second-order valence-electron chi connectivity index (χ2n) is 3.63. The first-order valence-electron chi connectivity index (χ1n) is 6.39. The van der Waals surface area contributed by atoms with E-state index in [0.717, 1.165) is 5.75 Å². The van der Waals surface area contributed by atoms with Gasteiger partial charge in [-0.1, -0.05) is 0 Å². The van der Waals surface area contributed by atoms with Crippen molar-refractivity contribution in [3.05, 3.63) is 38.1 Å².